The molecule has 1 N–H and O–H groups in total. The van der Waals surface area contributed by atoms with Gasteiger partial charge < -0.3 is 5.32 Å². The fourth-order valence-electron chi connectivity index (χ4n) is 3.05. The lowest BCUT2D eigenvalue weighted by Crippen LogP contribution is -2.46. The molecule has 2 fully saturated rings. The summed E-state index contributed by atoms with van der Waals surface area (Å²) in [6.07, 6.45) is 1.88. The predicted molar refractivity (Wildman–Crippen MR) is 87.0 cm³/mol. The van der Waals surface area contributed by atoms with Crippen LogP contribution in [0.5, 0.6) is 0 Å². The zero-order valence-electron chi connectivity index (χ0n) is 11.3. The van der Waals surface area contributed by atoms with Crippen molar-refractivity contribution in [2.75, 3.05) is 19.6 Å². The molecular weight excluding hydrogens is 355 g/mol. The first kappa shape index (κ1) is 17.3. The van der Waals surface area contributed by atoms with E-state index in [0.29, 0.717) is 25.0 Å². The number of nitrogens with zero attached hydrogens (tertiary/aromatic N) is 1. The summed E-state index contributed by atoms with van der Waals surface area (Å²) in [6.45, 7) is 2.06. The van der Waals surface area contributed by atoms with Crippen LogP contribution in [0.2, 0.25) is 10.0 Å². The van der Waals surface area contributed by atoms with Gasteiger partial charge in [-0.05, 0) is 37.4 Å². The summed E-state index contributed by atoms with van der Waals surface area (Å²) in [5, 5.41) is 3.80. The van der Waals surface area contributed by atoms with Gasteiger partial charge >= 0.3 is 0 Å². The van der Waals surface area contributed by atoms with Crippen molar-refractivity contribution in [1.82, 2.24) is 9.62 Å². The van der Waals surface area contributed by atoms with Crippen molar-refractivity contribution in [3.63, 3.8) is 0 Å². The molecule has 0 bridgehead atoms. The van der Waals surface area contributed by atoms with Crippen molar-refractivity contribution in [3.05, 3.63) is 28.2 Å². The Morgan fingerprint density at radius 2 is 2.00 bits per heavy atom. The summed E-state index contributed by atoms with van der Waals surface area (Å²) >= 11 is 12.0. The van der Waals surface area contributed by atoms with Gasteiger partial charge in [0.1, 0.15) is 4.90 Å². The molecule has 0 aromatic heterocycles. The molecule has 2 unspecified atom stereocenters. The third kappa shape index (κ3) is 3.19. The van der Waals surface area contributed by atoms with Crippen LogP contribution in [0.3, 0.4) is 0 Å². The summed E-state index contributed by atoms with van der Waals surface area (Å²) in [7, 11) is -3.56. The van der Waals surface area contributed by atoms with Crippen molar-refractivity contribution >= 4 is 45.6 Å². The van der Waals surface area contributed by atoms with Crippen molar-refractivity contribution in [1.29, 1.82) is 0 Å². The second-order valence-corrected chi connectivity index (χ2v) is 8.00. The number of hydrogen-bond acceptors (Lipinski definition) is 3. The van der Waals surface area contributed by atoms with Crippen molar-refractivity contribution in [2.45, 2.75) is 23.8 Å². The number of benzene rings is 1. The Morgan fingerprint density at radius 3 is 2.76 bits per heavy atom. The Morgan fingerprint density at radius 1 is 1.24 bits per heavy atom. The van der Waals surface area contributed by atoms with Crippen LogP contribution in [0, 0.1) is 5.92 Å². The van der Waals surface area contributed by atoms with E-state index < -0.39 is 10.0 Å². The molecule has 1 aromatic rings. The zero-order valence-corrected chi connectivity index (χ0v) is 14.4. The number of piperidine rings is 1. The summed E-state index contributed by atoms with van der Waals surface area (Å²) < 4.78 is 27.0. The molecule has 0 radical (unpaired) electrons. The zero-order chi connectivity index (χ0) is 14.3. The minimum Gasteiger partial charge on any atom is -0.314 e. The molecule has 8 heteroatoms. The molecule has 3 rings (SSSR count). The van der Waals surface area contributed by atoms with E-state index in [-0.39, 0.29) is 27.3 Å². The topological polar surface area (TPSA) is 49.4 Å². The van der Waals surface area contributed by atoms with Crippen LogP contribution in [0.25, 0.3) is 0 Å². The van der Waals surface area contributed by atoms with Gasteiger partial charge in [-0.2, -0.15) is 4.31 Å². The van der Waals surface area contributed by atoms with Crippen LogP contribution in [0.15, 0.2) is 23.1 Å². The highest BCUT2D eigenvalue weighted by molar-refractivity contribution is 7.89. The molecule has 0 amide bonds. The average Bonchev–Trinajstić information content (AvgIpc) is 2.89. The maximum absolute atomic E-state index is 12.7. The van der Waals surface area contributed by atoms with E-state index in [4.69, 9.17) is 23.2 Å². The normalized spacial score (nSPS) is 26.2. The quantitative estimate of drug-likeness (QED) is 0.869. The van der Waals surface area contributed by atoms with Gasteiger partial charge in [0.15, 0.2) is 0 Å². The molecule has 4 nitrogen and oxygen atoms in total. The highest BCUT2D eigenvalue weighted by atomic mass is 35.5. The summed E-state index contributed by atoms with van der Waals surface area (Å²) in [5.74, 6) is 0.400. The smallest absolute Gasteiger partial charge is 0.244 e. The maximum Gasteiger partial charge on any atom is 0.244 e. The van der Waals surface area contributed by atoms with E-state index in [1.165, 1.54) is 6.07 Å². The SMILES string of the molecule is Cl.O=S(=O)(c1cccc(Cl)c1Cl)N1CCC2NCCC2C1. The van der Waals surface area contributed by atoms with E-state index in [0.717, 1.165) is 19.4 Å². The number of hydrogen-bond donors (Lipinski definition) is 1. The summed E-state index contributed by atoms with van der Waals surface area (Å²) in [4.78, 5) is 0.107. The number of rotatable bonds is 2. The van der Waals surface area contributed by atoms with E-state index in [9.17, 15) is 8.42 Å². The van der Waals surface area contributed by atoms with Crippen LogP contribution in [-0.2, 0) is 10.0 Å². The second-order valence-electron chi connectivity index (χ2n) is 5.31. The number of sulfonamides is 1. The lowest BCUT2D eigenvalue weighted by Gasteiger charge is -2.34. The monoisotopic (exact) mass is 370 g/mol. The molecule has 2 heterocycles. The predicted octanol–water partition coefficient (Wildman–Crippen LogP) is 2.79. The van der Waals surface area contributed by atoms with E-state index in [2.05, 4.69) is 5.32 Å². The van der Waals surface area contributed by atoms with Gasteiger partial charge in [-0.3, -0.25) is 0 Å². The standard InChI is InChI=1S/C13H16Cl2N2O2S.ClH/c14-10-2-1-3-12(13(10)15)20(18,19)17-7-5-11-9(8-17)4-6-16-11;/h1-3,9,11,16H,4-8H2;1H. The Balaban J connectivity index is 0.00000161. The Hall–Kier alpha value is -0.0400. The second kappa shape index (κ2) is 6.60. The molecule has 2 aliphatic heterocycles. The van der Waals surface area contributed by atoms with Gasteiger partial charge in [0.05, 0.1) is 10.0 Å². The number of fused-ring (bicyclic) bond motifs is 1. The third-order valence-electron chi connectivity index (χ3n) is 4.15. The molecular formula is C13H17Cl3N2O2S. The van der Waals surface area contributed by atoms with Gasteiger partial charge in [-0.1, -0.05) is 29.3 Å². The first-order valence-corrected chi connectivity index (χ1v) is 8.87. The van der Waals surface area contributed by atoms with Crippen LogP contribution in [0.4, 0.5) is 0 Å². The molecule has 2 aliphatic rings. The molecule has 0 saturated carbocycles. The van der Waals surface area contributed by atoms with Gasteiger partial charge in [0.2, 0.25) is 10.0 Å². The Bertz CT molecular complexity index is 624. The first-order valence-electron chi connectivity index (χ1n) is 6.67. The van der Waals surface area contributed by atoms with Gasteiger partial charge in [-0.15, -0.1) is 12.4 Å². The van der Waals surface area contributed by atoms with Crippen molar-refractivity contribution in [3.8, 4) is 0 Å². The van der Waals surface area contributed by atoms with Gasteiger partial charge in [0.25, 0.3) is 0 Å². The molecule has 0 aliphatic carbocycles. The summed E-state index contributed by atoms with van der Waals surface area (Å²) in [5.41, 5.74) is 0. The largest absolute Gasteiger partial charge is 0.314 e. The average molecular weight is 372 g/mol. The molecule has 118 valence electrons. The molecule has 2 saturated heterocycles. The van der Waals surface area contributed by atoms with Crippen LogP contribution < -0.4 is 5.32 Å². The third-order valence-corrected chi connectivity index (χ3v) is 6.99. The molecule has 0 spiro atoms. The minimum absolute atomic E-state index is 0. The van der Waals surface area contributed by atoms with E-state index >= 15 is 0 Å². The number of halogens is 3. The lowest BCUT2D eigenvalue weighted by atomic mass is 9.95. The molecule has 2 atom stereocenters. The fraction of sp³-hybridized carbons (Fsp3) is 0.538. The fourth-order valence-corrected chi connectivity index (χ4v) is 5.30. The molecule has 1 aromatic carbocycles. The molecule has 21 heavy (non-hydrogen) atoms. The Labute approximate surface area is 141 Å². The van der Waals surface area contributed by atoms with Crippen LogP contribution in [-0.4, -0.2) is 38.4 Å². The van der Waals surface area contributed by atoms with Gasteiger partial charge in [-0.25, -0.2) is 8.42 Å². The van der Waals surface area contributed by atoms with E-state index in [1.54, 1.807) is 16.4 Å². The Kier molecular flexibility index (Phi) is 5.45. The minimum atomic E-state index is -3.56. The van der Waals surface area contributed by atoms with Crippen molar-refractivity contribution in [2.24, 2.45) is 5.92 Å². The van der Waals surface area contributed by atoms with Crippen molar-refractivity contribution < 1.29 is 8.42 Å². The van der Waals surface area contributed by atoms with E-state index in [1.807, 2.05) is 0 Å². The first-order chi connectivity index (χ1) is 9.50. The maximum atomic E-state index is 12.7. The highest BCUT2D eigenvalue weighted by Crippen LogP contribution is 2.34. The van der Waals surface area contributed by atoms with Crippen LogP contribution >= 0.6 is 35.6 Å². The van der Waals surface area contributed by atoms with Crippen LogP contribution in [0.1, 0.15) is 12.8 Å². The number of nitrogens with one attached hydrogen (secondary N) is 1. The highest BCUT2D eigenvalue weighted by Gasteiger charge is 2.38. The lowest BCUT2D eigenvalue weighted by molar-refractivity contribution is 0.247. The summed E-state index contributed by atoms with van der Waals surface area (Å²) in [6, 6.07) is 5.18. The van der Waals surface area contributed by atoms with Gasteiger partial charge in [0, 0.05) is 19.1 Å².